The van der Waals surface area contributed by atoms with E-state index in [1.54, 1.807) is 19.1 Å². The fourth-order valence-electron chi connectivity index (χ4n) is 3.20. The first kappa shape index (κ1) is 17.4. The van der Waals surface area contributed by atoms with Gasteiger partial charge in [0.25, 0.3) is 0 Å². The topological polar surface area (TPSA) is 74.0 Å². The molecular formula is C17H26N2O4. The third-order valence-corrected chi connectivity index (χ3v) is 4.36. The molecule has 1 atom stereocenters. The molecule has 128 valence electrons. The van der Waals surface area contributed by atoms with Crippen molar-refractivity contribution in [2.45, 2.75) is 45.8 Å². The molecule has 0 radical (unpaired) electrons. The van der Waals surface area contributed by atoms with Crippen LogP contribution in [0.3, 0.4) is 0 Å². The van der Waals surface area contributed by atoms with Crippen molar-refractivity contribution in [3.8, 4) is 11.5 Å². The molecule has 0 fully saturated rings. The Bertz CT molecular complexity index is 574. The molecule has 23 heavy (non-hydrogen) atoms. The van der Waals surface area contributed by atoms with Crippen molar-refractivity contribution in [3.63, 3.8) is 0 Å². The van der Waals surface area contributed by atoms with Gasteiger partial charge in [-0.15, -0.1) is 0 Å². The Hall–Kier alpha value is -1.95. The van der Waals surface area contributed by atoms with Gasteiger partial charge in [0.05, 0.1) is 27.4 Å². The predicted molar refractivity (Wildman–Crippen MR) is 87.8 cm³/mol. The highest BCUT2D eigenvalue weighted by Crippen LogP contribution is 2.40. The summed E-state index contributed by atoms with van der Waals surface area (Å²) >= 11 is 0. The number of benzene rings is 1. The maximum absolute atomic E-state index is 12.3. The van der Waals surface area contributed by atoms with Crippen LogP contribution in [0.1, 0.15) is 37.0 Å². The number of hydrogen-bond donors (Lipinski definition) is 1. The first-order valence-electron chi connectivity index (χ1n) is 8.00. The van der Waals surface area contributed by atoms with Gasteiger partial charge in [-0.25, -0.2) is 4.79 Å². The minimum atomic E-state index is -0.283. The number of carbonyl (C=O) groups is 1. The zero-order valence-electron chi connectivity index (χ0n) is 14.3. The van der Waals surface area contributed by atoms with Crippen LogP contribution in [0.2, 0.25) is 0 Å². The minimum absolute atomic E-state index is 0.0770. The van der Waals surface area contributed by atoms with Crippen LogP contribution in [0, 0.1) is 0 Å². The monoisotopic (exact) mass is 322 g/mol. The first-order valence-corrected chi connectivity index (χ1v) is 8.00. The van der Waals surface area contributed by atoms with Gasteiger partial charge < -0.3 is 24.8 Å². The molecule has 0 saturated heterocycles. The minimum Gasteiger partial charge on any atom is -0.496 e. The van der Waals surface area contributed by atoms with Crippen molar-refractivity contribution < 1.29 is 19.0 Å². The number of fused-ring (bicyclic) bond motifs is 1. The molecule has 6 nitrogen and oxygen atoms in total. The fraction of sp³-hybridized carbons (Fsp3) is 0.588. The Balaban J connectivity index is 2.51. The molecule has 0 spiro atoms. The van der Waals surface area contributed by atoms with E-state index in [9.17, 15) is 4.79 Å². The Morgan fingerprint density at radius 2 is 2.04 bits per heavy atom. The zero-order chi connectivity index (χ0) is 17.0. The molecule has 0 aliphatic carbocycles. The Morgan fingerprint density at radius 3 is 2.57 bits per heavy atom. The summed E-state index contributed by atoms with van der Waals surface area (Å²) in [5, 5.41) is 0. The zero-order valence-corrected chi connectivity index (χ0v) is 14.3. The van der Waals surface area contributed by atoms with Crippen molar-refractivity contribution >= 4 is 6.09 Å². The molecule has 0 saturated carbocycles. The SMILES string of the molecule is CCOC(=O)N1Cc2c(OC)cc(CN)c(OC)c2CC1CC. The van der Waals surface area contributed by atoms with Crippen LogP contribution in [0.4, 0.5) is 4.79 Å². The Morgan fingerprint density at radius 1 is 1.30 bits per heavy atom. The average Bonchev–Trinajstić information content (AvgIpc) is 2.58. The van der Waals surface area contributed by atoms with Gasteiger partial charge in [-0.2, -0.15) is 0 Å². The third-order valence-electron chi connectivity index (χ3n) is 4.36. The highest BCUT2D eigenvalue weighted by Gasteiger charge is 2.34. The van der Waals surface area contributed by atoms with E-state index in [0.717, 1.165) is 34.6 Å². The molecule has 0 aromatic heterocycles. The number of nitrogens with zero attached hydrogens (tertiary/aromatic N) is 1. The molecule has 6 heteroatoms. The van der Waals surface area contributed by atoms with Gasteiger partial charge in [0.15, 0.2) is 0 Å². The number of carbonyl (C=O) groups excluding carboxylic acids is 1. The molecule has 1 unspecified atom stereocenters. The van der Waals surface area contributed by atoms with Crippen molar-refractivity contribution in [2.75, 3.05) is 20.8 Å². The molecular weight excluding hydrogens is 296 g/mol. The fourth-order valence-corrected chi connectivity index (χ4v) is 3.20. The van der Waals surface area contributed by atoms with Gasteiger partial charge in [0.1, 0.15) is 11.5 Å². The second kappa shape index (κ2) is 7.55. The van der Waals surface area contributed by atoms with E-state index in [4.69, 9.17) is 19.9 Å². The van der Waals surface area contributed by atoms with E-state index in [-0.39, 0.29) is 12.1 Å². The van der Waals surface area contributed by atoms with Crippen LogP contribution < -0.4 is 15.2 Å². The molecule has 1 amide bonds. The van der Waals surface area contributed by atoms with Crippen LogP contribution in [-0.4, -0.2) is 37.9 Å². The van der Waals surface area contributed by atoms with Crippen molar-refractivity contribution in [2.24, 2.45) is 5.73 Å². The van der Waals surface area contributed by atoms with Crippen molar-refractivity contribution in [1.82, 2.24) is 4.90 Å². The Labute approximate surface area is 137 Å². The number of nitrogens with two attached hydrogens (primary N) is 1. The quantitative estimate of drug-likeness (QED) is 0.901. The van der Waals surface area contributed by atoms with Crippen LogP contribution in [0.15, 0.2) is 6.07 Å². The van der Waals surface area contributed by atoms with Crippen LogP contribution in [0.5, 0.6) is 11.5 Å². The Kier molecular flexibility index (Phi) is 5.71. The number of amides is 1. The molecule has 1 aliphatic rings. The summed E-state index contributed by atoms with van der Waals surface area (Å²) in [6.07, 6.45) is 1.27. The second-order valence-electron chi connectivity index (χ2n) is 5.53. The van der Waals surface area contributed by atoms with E-state index in [1.165, 1.54) is 0 Å². The van der Waals surface area contributed by atoms with E-state index in [1.807, 2.05) is 13.0 Å². The summed E-state index contributed by atoms with van der Waals surface area (Å²) in [5.41, 5.74) is 8.82. The van der Waals surface area contributed by atoms with Gasteiger partial charge in [-0.1, -0.05) is 6.92 Å². The predicted octanol–water partition coefficient (Wildman–Crippen LogP) is 2.46. The molecule has 1 aromatic carbocycles. The first-order chi connectivity index (χ1) is 11.1. The number of methoxy groups -OCH3 is 2. The van der Waals surface area contributed by atoms with E-state index in [0.29, 0.717) is 26.1 Å². The highest BCUT2D eigenvalue weighted by atomic mass is 16.6. The van der Waals surface area contributed by atoms with Crippen LogP contribution in [0.25, 0.3) is 0 Å². The summed E-state index contributed by atoms with van der Waals surface area (Å²) in [5.74, 6) is 1.55. The van der Waals surface area contributed by atoms with E-state index >= 15 is 0 Å². The normalized spacial score (nSPS) is 16.7. The molecule has 1 heterocycles. The van der Waals surface area contributed by atoms with E-state index in [2.05, 4.69) is 6.92 Å². The lowest BCUT2D eigenvalue weighted by Crippen LogP contribution is -2.44. The lowest BCUT2D eigenvalue weighted by Gasteiger charge is -2.37. The van der Waals surface area contributed by atoms with Gasteiger partial charge >= 0.3 is 6.09 Å². The summed E-state index contributed by atoms with van der Waals surface area (Å²) in [6, 6.07) is 1.97. The molecule has 2 rings (SSSR count). The van der Waals surface area contributed by atoms with Gasteiger partial charge in [-0.3, -0.25) is 0 Å². The van der Waals surface area contributed by atoms with Gasteiger partial charge in [0.2, 0.25) is 0 Å². The molecule has 1 aromatic rings. The van der Waals surface area contributed by atoms with Crippen molar-refractivity contribution in [1.29, 1.82) is 0 Å². The summed E-state index contributed by atoms with van der Waals surface area (Å²) in [6.45, 7) is 5.08. The smallest absolute Gasteiger partial charge is 0.410 e. The van der Waals surface area contributed by atoms with Crippen molar-refractivity contribution in [3.05, 3.63) is 22.8 Å². The lowest BCUT2D eigenvalue weighted by molar-refractivity contribution is 0.0805. The largest absolute Gasteiger partial charge is 0.496 e. The van der Waals surface area contributed by atoms with Gasteiger partial charge in [-0.05, 0) is 25.8 Å². The standard InChI is InChI=1S/C17H26N2O4/c1-5-12-8-13-14(10-19(12)17(20)23-6-2)15(21-3)7-11(9-18)16(13)22-4/h7,12H,5-6,8-10,18H2,1-4H3. The van der Waals surface area contributed by atoms with Crippen LogP contribution >= 0.6 is 0 Å². The number of rotatable bonds is 5. The lowest BCUT2D eigenvalue weighted by atomic mass is 9.89. The summed E-state index contributed by atoms with van der Waals surface area (Å²) < 4.78 is 16.3. The molecule has 0 bridgehead atoms. The van der Waals surface area contributed by atoms with E-state index < -0.39 is 0 Å². The van der Waals surface area contributed by atoms with Crippen LogP contribution in [-0.2, 0) is 24.2 Å². The molecule has 2 N–H and O–H groups in total. The van der Waals surface area contributed by atoms with Gasteiger partial charge in [0, 0.05) is 29.3 Å². The average molecular weight is 322 g/mol. The second-order valence-corrected chi connectivity index (χ2v) is 5.53. The maximum atomic E-state index is 12.3. The number of hydrogen-bond acceptors (Lipinski definition) is 5. The highest BCUT2D eigenvalue weighted by molar-refractivity contribution is 5.70. The third kappa shape index (κ3) is 3.22. The number of ether oxygens (including phenoxy) is 3. The summed E-state index contributed by atoms with van der Waals surface area (Å²) in [4.78, 5) is 14.0. The molecule has 1 aliphatic heterocycles. The summed E-state index contributed by atoms with van der Waals surface area (Å²) in [7, 11) is 3.28. The maximum Gasteiger partial charge on any atom is 0.410 e.